The number of aromatic nitrogens is 4. The molecule has 0 N–H and O–H groups in total. The van der Waals surface area contributed by atoms with E-state index in [4.69, 9.17) is 9.97 Å². The first-order chi connectivity index (χ1) is 27.4. The van der Waals surface area contributed by atoms with E-state index in [1.807, 2.05) is 6.20 Å². The molecule has 0 aliphatic carbocycles. The third kappa shape index (κ3) is 4.85. The van der Waals surface area contributed by atoms with Gasteiger partial charge in [-0.25, -0.2) is 4.98 Å². The Labute approximate surface area is 325 Å². The molecule has 4 nitrogen and oxygen atoms in total. The van der Waals surface area contributed by atoms with Gasteiger partial charge in [0.15, 0.2) is 0 Å². The molecule has 11 rings (SSSR count). The van der Waals surface area contributed by atoms with Gasteiger partial charge in [0.05, 0.1) is 45.0 Å². The molecule has 0 aliphatic heterocycles. The molecule has 268 valence electrons. The first kappa shape index (κ1) is 32.6. The maximum absolute atomic E-state index is 5.57. The fourth-order valence-corrected chi connectivity index (χ4v) is 9.02. The highest BCUT2D eigenvalue weighted by molar-refractivity contribution is 6.23. The van der Waals surface area contributed by atoms with Crippen LogP contribution in [0.3, 0.4) is 0 Å². The van der Waals surface area contributed by atoms with Gasteiger partial charge in [0.2, 0.25) is 0 Å². The van der Waals surface area contributed by atoms with E-state index in [1.54, 1.807) is 0 Å². The van der Waals surface area contributed by atoms with Gasteiger partial charge in [0.1, 0.15) is 0 Å². The molecule has 0 aliphatic rings. The molecule has 0 saturated heterocycles. The zero-order chi connectivity index (χ0) is 37.7. The highest BCUT2D eigenvalue weighted by Gasteiger charge is 2.19. The second-order valence-electron chi connectivity index (χ2n) is 15.8. The summed E-state index contributed by atoms with van der Waals surface area (Å²) >= 11 is 0. The van der Waals surface area contributed by atoms with Gasteiger partial charge in [-0.15, -0.1) is 0 Å². The van der Waals surface area contributed by atoms with Crippen LogP contribution in [0.5, 0.6) is 0 Å². The van der Waals surface area contributed by atoms with E-state index >= 15 is 0 Å². The molecule has 3 aromatic heterocycles. The molecule has 11 aromatic rings. The Hall–Kier alpha value is -6.78. The van der Waals surface area contributed by atoms with E-state index in [1.165, 1.54) is 65.5 Å². The molecule has 4 heteroatoms. The Kier molecular flexibility index (Phi) is 7.21. The normalized spacial score (nSPS) is 12.2. The molecule has 0 amide bonds. The minimum absolute atomic E-state index is 0.415. The predicted molar refractivity (Wildman–Crippen MR) is 237 cm³/mol. The summed E-state index contributed by atoms with van der Waals surface area (Å²) in [7, 11) is 0. The second kappa shape index (κ2) is 12.4. The highest BCUT2D eigenvalue weighted by Crippen LogP contribution is 2.40. The van der Waals surface area contributed by atoms with E-state index in [0.717, 1.165) is 44.4 Å². The van der Waals surface area contributed by atoms with Gasteiger partial charge in [0.25, 0.3) is 0 Å². The fourth-order valence-electron chi connectivity index (χ4n) is 9.02. The van der Waals surface area contributed by atoms with Crippen LogP contribution in [0.2, 0.25) is 0 Å². The Morgan fingerprint density at radius 1 is 0.393 bits per heavy atom. The summed E-state index contributed by atoms with van der Waals surface area (Å²) in [4.78, 5) is 10.8. The molecular weight excluding hydrogens is 681 g/mol. The van der Waals surface area contributed by atoms with Crippen molar-refractivity contribution >= 4 is 76.2 Å². The highest BCUT2D eigenvalue weighted by atomic mass is 15.0. The first-order valence-electron chi connectivity index (χ1n) is 19.7. The van der Waals surface area contributed by atoms with E-state index in [0.29, 0.717) is 11.8 Å². The van der Waals surface area contributed by atoms with Gasteiger partial charge in [-0.05, 0) is 76.2 Å². The summed E-state index contributed by atoms with van der Waals surface area (Å²) in [6, 6.07) is 55.6. The molecule has 3 heterocycles. The van der Waals surface area contributed by atoms with E-state index in [-0.39, 0.29) is 0 Å². The lowest BCUT2D eigenvalue weighted by Crippen LogP contribution is -2.01. The Morgan fingerprint density at radius 3 is 1.23 bits per heavy atom. The molecule has 56 heavy (non-hydrogen) atoms. The maximum Gasteiger partial charge on any atom is 0.0979 e. The van der Waals surface area contributed by atoms with Gasteiger partial charge < -0.3 is 9.13 Å². The minimum atomic E-state index is 0.415. The lowest BCUT2D eigenvalue weighted by Gasteiger charge is -2.17. The third-order valence-electron chi connectivity index (χ3n) is 11.9. The molecule has 8 aromatic carbocycles. The molecule has 0 fully saturated rings. The van der Waals surface area contributed by atoms with Crippen LogP contribution in [0.15, 0.2) is 158 Å². The smallest absolute Gasteiger partial charge is 0.0979 e. The number of hydrogen-bond acceptors (Lipinski definition) is 2. The number of hydrogen-bond donors (Lipinski definition) is 0. The summed E-state index contributed by atoms with van der Waals surface area (Å²) in [5.41, 5.74) is 13.2. The summed E-state index contributed by atoms with van der Waals surface area (Å²) in [5, 5.41) is 9.68. The molecule has 0 unspecified atom stereocenters. The van der Waals surface area contributed by atoms with Crippen molar-refractivity contribution in [3.05, 3.63) is 169 Å². The predicted octanol–water partition coefficient (Wildman–Crippen LogP) is 14.0. The summed E-state index contributed by atoms with van der Waals surface area (Å²) in [6.45, 7) is 9.05. The number of para-hydroxylation sites is 4. The fraction of sp³-hybridized carbons (Fsp3) is 0.115. The zero-order valence-electron chi connectivity index (χ0n) is 32.0. The van der Waals surface area contributed by atoms with Crippen LogP contribution in [0.4, 0.5) is 0 Å². The average molecular weight is 721 g/mol. The molecule has 0 saturated carbocycles. The number of rotatable bonds is 5. The van der Waals surface area contributed by atoms with E-state index in [9.17, 15) is 0 Å². The third-order valence-corrected chi connectivity index (χ3v) is 11.9. The van der Waals surface area contributed by atoms with Crippen molar-refractivity contribution in [1.29, 1.82) is 0 Å². The second-order valence-corrected chi connectivity index (χ2v) is 15.8. The Balaban J connectivity index is 1.23. The summed E-state index contributed by atoms with van der Waals surface area (Å²) in [6.07, 6.45) is 1.98. The van der Waals surface area contributed by atoms with Crippen LogP contribution in [-0.2, 0) is 0 Å². The minimum Gasteiger partial charge on any atom is -0.309 e. The Bertz CT molecular complexity index is 3140. The van der Waals surface area contributed by atoms with Crippen LogP contribution in [0.25, 0.3) is 98.8 Å². The first-order valence-corrected chi connectivity index (χ1v) is 19.7. The van der Waals surface area contributed by atoms with E-state index in [2.05, 4.69) is 188 Å². The standard InChI is InChI=1S/C52H40N4/c1-31(2)33-21-23-42-44(27-33)45-28-34(32(3)4)22-24-43(45)52-51(42)53-30-46(54-52)35-25-36(55-47-17-9-5-13-38(47)39-14-6-10-18-48(39)55)29-37(26-35)56-49-19-11-7-15-40(49)41-16-8-12-20-50(41)56/h5-32H,1-4H3. The molecule has 0 atom stereocenters. The lowest BCUT2D eigenvalue weighted by molar-refractivity contribution is 0.868. The van der Waals surface area contributed by atoms with Crippen molar-refractivity contribution in [3.63, 3.8) is 0 Å². The van der Waals surface area contributed by atoms with E-state index < -0.39 is 0 Å². The van der Waals surface area contributed by atoms with Gasteiger partial charge in [-0.1, -0.05) is 137 Å². The Morgan fingerprint density at radius 2 is 0.804 bits per heavy atom. The van der Waals surface area contributed by atoms with Crippen molar-refractivity contribution < 1.29 is 0 Å². The summed E-state index contributed by atoms with van der Waals surface area (Å²) in [5.74, 6) is 0.844. The van der Waals surface area contributed by atoms with Crippen LogP contribution in [-0.4, -0.2) is 19.1 Å². The van der Waals surface area contributed by atoms with Crippen LogP contribution in [0, 0.1) is 0 Å². The number of benzene rings is 8. The topological polar surface area (TPSA) is 35.6 Å². The van der Waals surface area contributed by atoms with Crippen LogP contribution in [0.1, 0.15) is 50.7 Å². The van der Waals surface area contributed by atoms with Gasteiger partial charge in [-0.2, -0.15) is 0 Å². The average Bonchev–Trinajstić information content (AvgIpc) is 3.76. The molecule has 0 spiro atoms. The van der Waals surface area contributed by atoms with Crippen LogP contribution < -0.4 is 0 Å². The van der Waals surface area contributed by atoms with Gasteiger partial charge in [0, 0.05) is 49.3 Å². The van der Waals surface area contributed by atoms with Gasteiger partial charge in [-0.3, -0.25) is 4.98 Å². The van der Waals surface area contributed by atoms with Crippen molar-refractivity contribution in [3.8, 4) is 22.6 Å². The molecule has 0 radical (unpaired) electrons. The number of nitrogens with zero attached hydrogens (tertiary/aromatic N) is 4. The van der Waals surface area contributed by atoms with Gasteiger partial charge >= 0.3 is 0 Å². The summed E-state index contributed by atoms with van der Waals surface area (Å²) < 4.78 is 4.81. The lowest BCUT2D eigenvalue weighted by atomic mass is 9.92. The van der Waals surface area contributed by atoms with Crippen molar-refractivity contribution in [2.75, 3.05) is 0 Å². The number of fused-ring (bicyclic) bond motifs is 12. The monoisotopic (exact) mass is 720 g/mol. The quantitative estimate of drug-likeness (QED) is 0.166. The maximum atomic E-state index is 5.57. The zero-order valence-corrected chi connectivity index (χ0v) is 32.0. The van der Waals surface area contributed by atoms with Crippen molar-refractivity contribution in [2.24, 2.45) is 0 Å². The SMILES string of the molecule is CC(C)c1ccc2c(c1)c1cc(C(C)C)ccc1c1nc(-c3cc(-n4c5ccccc5c5ccccc54)cc(-n4c5ccccc5c5ccccc54)c3)cnc21. The molecule has 0 bridgehead atoms. The molecular formula is C52H40N4. The van der Waals surface area contributed by atoms with Crippen molar-refractivity contribution in [2.45, 2.75) is 39.5 Å². The van der Waals surface area contributed by atoms with Crippen molar-refractivity contribution in [1.82, 2.24) is 19.1 Å². The largest absolute Gasteiger partial charge is 0.309 e. The van der Waals surface area contributed by atoms with Crippen LogP contribution >= 0.6 is 0 Å².